The van der Waals surface area contributed by atoms with E-state index < -0.39 is 0 Å². The van der Waals surface area contributed by atoms with Crippen LogP contribution in [0.5, 0.6) is 0 Å². The lowest BCUT2D eigenvalue weighted by Crippen LogP contribution is -2.53. The molecule has 3 rings (SSSR count). The van der Waals surface area contributed by atoms with E-state index in [0.29, 0.717) is 44.2 Å². The molecule has 0 atom stereocenters. The van der Waals surface area contributed by atoms with Gasteiger partial charge in [-0.3, -0.25) is 9.59 Å². The molecule has 0 aliphatic carbocycles. The minimum absolute atomic E-state index is 0.313. The van der Waals surface area contributed by atoms with Crippen LogP contribution in [0.2, 0.25) is 0 Å². The van der Waals surface area contributed by atoms with Crippen LogP contribution in [0.1, 0.15) is 19.8 Å². The third-order valence-electron chi connectivity index (χ3n) is 4.40. The number of carbonyl (C=O) groups excluding carboxylic acids is 1. The molecule has 2 aliphatic rings. The third kappa shape index (κ3) is 2.44. The molecular weight excluding hydrogens is 286 g/mol. The Labute approximate surface area is 128 Å². The molecule has 1 amide bonds. The average molecular weight is 307 g/mol. The van der Waals surface area contributed by atoms with Gasteiger partial charge in [-0.25, -0.2) is 4.79 Å². The molecule has 120 valence electrons. The van der Waals surface area contributed by atoms with Crippen LogP contribution in [0.25, 0.3) is 0 Å². The van der Waals surface area contributed by atoms with E-state index in [-0.39, 0.29) is 17.0 Å². The molecule has 2 saturated heterocycles. The molecular formula is C15H21N3O4. The van der Waals surface area contributed by atoms with Crippen molar-refractivity contribution in [1.29, 1.82) is 0 Å². The number of piperazine rings is 1. The van der Waals surface area contributed by atoms with Gasteiger partial charge in [0.2, 0.25) is 0 Å². The predicted octanol–water partition coefficient (Wildman–Crippen LogP) is 0.161. The zero-order chi connectivity index (χ0) is 15.7. The summed E-state index contributed by atoms with van der Waals surface area (Å²) in [5.74, 6) is 0. The van der Waals surface area contributed by atoms with E-state index in [1.54, 1.807) is 11.8 Å². The Morgan fingerprint density at radius 2 is 1.41 bits per heavy atom. The van der Waals surface area contributed by atoms with E-state index in [1.165, 1.54) is 0 Å². The minimum Gasteiger partial charge on any atom is -0.450 e. The van der Waals surface area contributed by atoms with Crippen LogP contribution in [0, 0.1) is 0 Å². The average Bonchev–Trinajstić information content (AvgIpc) is 3.05. The molecule has 0 bridgehead atoms. The zero-order valence-corrected chi connectivity index (χ0v) is 12.8. The van der Waals surface area contributed by atoms with Crippen molar-refractivity contribution in [2.75, 3.05) is 55.7 Å². The monoisotopic (exact) mass is 307 g/mol. The number of rotatable bonds is 3. The predicted molar refractivity (Wildman–Crippen MR) is 83.6 cm³/mol. The zero-order valence-electron chi connectivity index (χ0n) is 12.8. The molecule has 7 heteroatoms. The molecule has 22 heavy (non-hydrogen) atoms. The summed E-state index contributed by atoms with van der Waals surface area (Å²) in [6.07, 6.45) is 1.82. The summed E-state index contributed by atoms with van der Waals surface area (Å²) in [4.78, 5) is 41.2. The number of amides is 1. The van der Waals surface area contributed by atoms with Gasteiger partial charge >= 0.3 is 6.09 Å². The van der Waals surface area contributed by atoms with Crippen molar-refractivity contribution in [2.45, 2.75) is 19.8 Å². The number of hydrogen-bond acceptors (Lipinski definition) is 6. The third-order valence-corrected chi connectivity index (χ3v) is 4.40. The molecule has 2 heterocycles. The van der Waals surface area contributed by atoms with Gasteiger partial charge in [-0.1, -0.05) is 0 Å². The molecule has 1 aromatic carbocycles. The van der Waals surface area contributed by atoms with E-state index in [2.05, 4.69) is 0 Å². The van der Waals surface area contributed by atoms with Gasteiger partial charge in [0.05, 0.1) is 6.61 Å². The summed E-state index contributed by atoms with van der Waals surface area (Å²) in [6, 6.07) is 0. The van der Waals surface area contributed by atoms with Crippen LogP contribution in [-0.2, 0) is 4.74 Å². The van der Waals surface area contributed by atoms with Crippen molar-refractivity contribution >= 4 is 17.5 Å². The summed E-state index contributed by atoms with van der Waals surface area (Å²) in [5, 5.41) is 0. The maximum absolute atomic E-state index is 12.0. The van der Waals surface area contributed by atoms with E-state index >= 15 is 0 Å². The van der Waals surface area contributed by atoms with Crippen molar-refractivity contribution in [3.05, 3.63) is 20.4 Å². The Morgan fingerprint density at radius 1 is 0.909 bits per heavy atom. The van der Waals surface area contributed by atoms with Crippen LogP contribution in [0.4, 0.5) is 16.2 Å². The Kier molecular flexibility index (Phi) is 4.04. The highest BCUT2D eigenvalue weighted by Crippen LogP contribution is 2.28. The second kappa shape index (κ2) is 5.98. The first-order valence-corrected chi connectivity index (χ1v) is 7.88. The Morgan fingerprint density at radius 3 is 1.91 bits per heavy atom. The van der Waals surface area contributed by atoms with E-state index in [1.807, 2.05) is 9.80 Å². The van der Waals surface area contributed by atoms with E-state index in [4.69, 9.17) is 4.74 Å². The molecule has 2 fully saturated rings. The van der Waals surface area contributed by atoms with Gasteiger partial charge in [-0.2, -0.15) is 0 Å². The first-order valence-electron chi connectivity index (χ1n) is 7.88. The van der Waals surface area contributed by atoms with E-state index in [9.17, 15) is 14.4 Å². The summed E-state index contributed by atoms with van der Waals surface area (Å²) >= 11 is 0. The fraction of sp³-hybridized carbons (Fsp3) is 0.667. The number of hydrogen-bond donors (Lipinski definition) is 0. The lowest BCUT2D eigenvalue weighted by Gasteiger charge is -2.37. The fourth-order valence-electron chi connectivity index (χ4n) is 3.22. The summed E-state index contributed by atoms with van der Waals surface area (Å²) in [7, 11) is 0. The maximum atomic E-state index is 12.0. The lowest BCUT2D eigenvalue weighted by atomic mass is 10.1. The van der Waals surface area contributed by atoms with Gasteiger partial charge in [-0.15, -0.1) is 0 Å². The standard InChI is InChI=1S/C15H21N3O4/c1-2-22-15(21)18-9-7-17(8-10-18)12-11(13(19)14(12)20)16-5-3-4-6-16/h2-10H2,1H3. The summed E-state index contributed by atoms with van der Waals surface area (Å²) in [6.45, 7) is 5.97. The topological polar surface area (TPSA) is 70.2 Å². The number of nitrogens with zero attached hydrogens (tertiary/aromatic N) is 3. The molecule has 0 aromatic heterocycles. The number of ether oxygens (including phenoxy) is 1. The highest BCUT2D eigenvalue weighted by Gasteiger charge is 2.33. The SMILES string of the molecule is CCOC(=O)N1CCN(c2c(N3CCCC3)c(=O)c2=O)CC1. The number of carbonyl (C=O) groups is 1. The molecule has 0 spiro atoms. The first kappa shape index (κ1) is 14.9. The normalized spacial score (nSPS) is 19.0. The molecule has 0 saturated carbocycles. The van der Waals surface area contributed by atoms with Gasteiger partial charge in [-0.05, 0) is 19.8 Å². The number of anilines is 2. The first-order chi connectivity index (χ1) is 10.6. The Balaban J connectivity index is 1.69. The van der Waals surface area contributed by atoms with Crippen molar-refractivity contribution in [2.24, 2.45) is 0 Å². The van der Waals surface area contributed by atoms with Crippen molar-refractivity contribution in [1.82, 2.24) is 4.90 Å². The lowest BCUT2D eigenvalue weighted by molar-refractivity contribution is 0.105. The molecule has 7 nitrogen and oxygen atoms in total. The summed E-state index contributed by atoms with van der Waals surface area (Å²) in [5.41, 5.74) is 0.402. The van der Waals surface area contributed by atoms with Crippen molar-refractivity contribution < 1.29 is 9.53 Å². The van der Waals surface area contributed by atoms with Crippen LogP contribution in [-0.4, -0.2) is 56.9 Å². The highest BCUT2D eigenvalue weighted by atomic mass is 16.6. The Bertz CT molecular complexity index is 621. The Hall–Kier alpha value is -2.05. The largest absolute Gasteiger partial charge is 0.450 e. The van der Waals surface area contributed by atoms with Crippen LogP contribution < -0.4 is 20.7 Å². The second-order valence-electron chi connectivity index (χ2n) is 5.72. The maximum Gasteiger partial charge on any atom is 0.409 e. The van der Waals surface area contributed by atoms with Gasteiger partial charge < -0.3 is 19.4 Å². The van der Waals surface area contributed by atoms with E-state index in [0.717, 1.165) is 25.9 Å². The quantitative estimate of drug-likeness (QED) is 0.741. The van der Waals surface area contributed by atoms with Crippen LogP contribution in [0.3, 0.4) is 0 Å². The van der Waals surface area contributed by atoms with Crippen molar-refractivity contribution in [3.63, 3.8) is 0 Å². The van der Waals surface area contributed by atoms with Crippen LogP contribution >= 0.6 is 0 Å². The fourth-order valence-corrected chi connectivity index (χ4v) is 3.22. The second-order valence-corrected chi connectivity index (χ2v) is 5.72. The van der Waals surface area contributed by atoms with Crippen LogP contribution in [0.15, 0.2) is 9.59 Å². The van der Waals surface area contributed by atoms with Gasteiger partial charge in [0.25, 0.3) is 10.9 Å². The molecule has 0 radical (unpaired) electrons. The smallest absolute Gasteiger partial charge is 0.409 e. The van der Waals surface area contributed by atoms with Gasteiger partial charge in [0, 0.05) is 39.3 Å². The molecule has 2 aliphatic heterocycles. The van der Waals surface area contributed by atoms with Gasteiger partial charge in [0.1, 0.15) is 11.4 Å². The molecule has 1 aromatic rings. The molecule has 0 unspecified atom stereocenters. The summed E-state index contributed by atoms with van der Waals surface area (Å²) < 4.78 is 4.99. The minimum atomic E-state index is -0.383. The van der Waals surface area contributed by atoms with Crippen molar-refractivity contribution in [3.8, 4) is 0 Å². The highest BCUT2D eigenvalue weighted by molar-refractivity contribution is 5.77. The van der Waals surface area contributed by atoms with Gasteiger partial charge in [0.15, 0.2) is 0 Å². The molecule has 0 N–H and O–H groups in total.